The number of primary sulfonamides is 1. The lowest BCUT2D eigenvalue weighted by molar-refractivity contribution is 0.101. The van der Waals surface area contributed by atoms with Crippen molar-refractivity contribution in [2.75, 3.05) is 18.2 Å². The molecule has 2 atom stereocenters. The van der Waals surface area contributed by atoms with Gasteiger partial charge in [0.25, 0.3) is 0 Å². The van der Waals surface area contributed by atoms with Crippen LogP contribution in [0.1, 0.15) is 19.3 Å². The lowest BCUT2D eigenvalue weighted by atomic mass is 10.2. The van der Waals surface area contributed by atoms with E-state index in [1.807, 2.05) is 0 Å². The first-order chi connectivity index (χ1) is 8.91. The number of anilines is 2. The number of rotatable bonds is 4. The van der Waals surface area contributed by atoms with Crippen LogP contribution >= 0.6 is 0 Å². The summed E-state index contributed by atoms with van der Waals surface area (Å²) in [5, 5.41) is 8.42. The van der Waals surface area contributed by atoms with Crippen LogP contribution in [0.25, 0.3) is 0 Å². The maximum atomic E-state index is 11.6. The van der Waals surface area contributed by atoms with E-state index in [4.69, 9.17) is 15.6 Å². The summed E-state index contributed by atoms with van der Waals surface area (Å²) in [4.78, 5) is 0.0225. The monoisotopic (exact) mass is 285 g/mol. The SMILES string of the molecule is COC1CCCC1Nc1ccc(N)cc1S(N)(=O)=O. The van der Waals surface area contributed by atoms with Crippen molar-refractivity contribution in [3.63, 3.8) is 0 Å². The summed E-state index contributed by atoms with van der Waals surface area (Å²) in [6.45, 7) is 0. The summed E-state index contributed by atoms with van der Waals surface area (Å²) in [6.07, 6.45) is 3.04. The molecule has 0 bridgehead atoms. The van der Waals surface area contributed by atoms with Gasteiger partial charge in [-0.05, 0) is 37.5 Å². The molecule has 5 N–H and O–H groups in total. The first kappa shape index (κ1) is 14.1. The number of hydrogen-bond acceptors (Lipinski definition) is 5. The summed E-state index contributed by atoms with van der Waals surface area (Å²) in [7, 11) is -2.14. The Labute approximate surface area is 113 Å². The molecule has 0 aliphatic heterocycles. The third-order valence-electron chi connectivity index (χ3n) is 3.41. The van der Waals surface area contributed by atoms with Gasteiger partial charge in [0.1, 0.15) is 4.90 Å². The van der Waals surface area contributed by atoms with Crippen molar-refractivity contribution in [2.24, 2.45) is 5.14 Å². The van der Waals surface area contributed by atoms with E-state index in [0.717, 1.165) is 19.3 Å². The van der Waals surface area contributed by atoms with Crippen LogP contribution in [0.4, 0.5) is 11.4 Å². The van der Waals surface area contributed by atoms with Gasteiger partial charge in [0.05, 0.1) is 17.8 Å². The van der Waals surface area contributed by atoms with Crippen molar-refractivity contribution in [1.82, 2.24) is 0 Å². The van der Waals surface area contributed by atoms with E-state index in [0.29, 0.717) is 11.4 Å². The zero-order valence-corrected chi connectivity index (χ0v) is 11.6. The molecular formula is C12H19N3O3S. The summed E-state index contributed by atoms with van der Waals surface area (Å²) in [6, 6.07) is 4.75. The van der Waals surface area contributed by atoms with E-state index in [1.165, 1.54) is 6.07 Å². The predicted octanol–water partition coefficient (Wildman–Crippen LogP) is 0.896. The second kappa shape index (κ2) is 5.36. The van der Waals surface area contributed by atoms with Crippen LogP contribution in [0.5, 0.6) is 0 Å². The van der Waals surface area contributed by atoms with E-state index in [-0.39, 0.29) is 17.0 Å². The second-order valence-electron chi connectivity index (χ2n) is 4.76. The molecule has 1 fully saturated rings. The highest BCUT2D eigenvalue weighted by Crippen LogP contribution is 2.29. The molecule has 19 heavy (non-hydrogen) atoms. The predicted molar refractivity (Wildman–Crippen MR) is 74.3 cm³/mol. The number of ether oxygens (including phenoxy) is 1. The molecule has 2 rings (SSSR count). The summed E-state index contributed by atoms with van der Waals surface area (Å²) < 4.78 is 28.5. The molecule has 7 heteroatoms. The van der Waals surface area contributed by atoms with Crippen molar-refractivity contribution >= 4 is 21.4 Å². The highest BCUT2D eigenvalue weighted by molar-refractivity contribution is 7.89. The highest BCUT2D eigenvalue weighted by atomic mass is 32.2. The maximum absolute atomic E-state index is 11.6. The summed E-state index contributed by atoms with van der Waals surface area (Å²) in [5.74, 6) is 0. The van der Waals surface area contributed by atoms with Crippen molar-refractivity contribution in [2.45, 2.75) is 36.3 Å². The zero-order chi connectivity index (χ0) is 14.0. The van der Waals surface area contributed by atoms with Gasteiger partial charge in [0.2, 0.25) is 10.0 Å². The van der Waals surface area contributed by atoms with Crippen molar-refractivity contribution in [1.29, 1.82) is 0 Å². The molecule has 1 aliphatic rings. The van der Waals surface area contributed by atoms with Gasteiger partial charge in [-0.25, -0.2) is 13.6 Å². The van der Waals surface area contributed by atoms with E-state index in [2.05, 4.69) is 5.32 Å². The largest absolute Gasteiger partial charge is 0.399 e. The van der Waals surface area contributed by atoms with Gasteiger partial charge >= 0.3 is 0 Å². The van der Waals surface area contributed by atoms with Crippen LogP contribution in [0.2, 0.25) is 0 Å². The van der Waals surface area contributed by atoms with Gasteiger partial charge in [-0.1, -0.05) is 0 Å². The van der Waals surface area contributed by atoms with Gasteiger partial charge in [-0.3, -0.25) is 0 Å². The minimum atomic E-state index is -3.81. The van der Waals surface area contributed by atoms with Crippen LogP contribution in [0.3, 0.4) is 0 Å². The first-order valence-corrected chi connectivity index (χ1v) is 7.68. The molecule has 1 aromatic rings. The topological polar surface area (TPSA) is 107 Å². The first-order valence-electron chi connectivity index (χ1n) is 6.13. The Balaban J connectivity index is 2.30. The summed E-state index contributed by atoms with van der Waals surface area (Å²) in [5.41, 5.74) is 6.46. The third kappa shape index (κ3) is 3.17. The fourth-order valence-corrected chi connectivity index (χ4v) is 3.20. The molecule has 106 valence electrons. The molecule has 1 saturated carbocycles. The van der Waals surface area contributed by atoms with E-state index < -0.39 is 10.0 Å². The van der Waals surface area contributed by atoms with Crippen LogP contribution in [0.15, 0.2) is 23.1 Å². The van der Waals surface area contributed by atoms with Gasteiger partial charge in [0, 0.05) is 12.8 Å². The van der Waals surface area contributed by atoms with E-state index >= 15 is 0 Å². The minimum absolute atomic E-state index is 0.0225. The summed E-state index contributed by atoms with van der Waals surface area (Å²) >= 11 is 0. The maximum Gasteiger partial charge on any atom is 0.240 e. The number of hydrogen-bond donors (Lipinski definition) is 3. The lowest BCUT2D eigenvalue weighted by Crippen LogP contribution is -2.30. The van der Waals surface area contributed by atoms with Gasteiger partial charge in [-0.2, -0.15) is 0 Å². The fourth-order valence-electron chi connectivity index (χ4n) is 2.47. The molecule has 0 spiro atoms. The average Bonchev–Trinajstić information content (AvgIpc) is 2.77. The molecule has 2 unspecified atom stereocenters. The van der Waals surface area contributed by atoms with Crippen molar-refractivity contribution < 1.29 is 13.2 Å². The molecule has 0 heterocycles. The van der Waals surface area contributed by atoms with E-state index in [9.17, 15) is 8.42 Å². The standard InChI is InChI=1S/C12H19N3O3S/c1-18-11-4-2-3-9(11)15-10-6-5-8(13)7-12(10)19(14,16)17/h5-7,9,11,15H,2-4,13H2,1H3,(H2,14,16,17). The third-order valence-corrected chi connectivity index (χ3v) is 4.36. The highest BCUT2D eigenvalue weighted by Gasteiger charge is 2.28. The number of nitrogens with one attached hydrogen (secondary N) is 1. The van der Waals surface area contributed by atoms with Gasteiger partial charge in [0.15, 0.2) is 0 Å². The average molecular weight is 285 g/mol. The quantitative estimate of drug-likeness (QED) is 0.712. The zero-order valence-electron chi connectivity index (χ0n) is 10.8. The Bertz CT molecular complexity index is 559. The molecule has 1 aromatic carbocycles. The molecule has 0 saturated heterocycles. The number of nitrogen functional groups attached to an aromatic ring is 1. The molecule has 0 amide bonds. The number of sulfonamides is 1. The lowest BCUT2D eigenvalue weighted by Gasteiger charge is -2.22. The van der Waals surface area contributed by atoms with Crippen LogP contribution in [0, 0.1) is 0 Å². The van der Waals surface area contributed by atoms with Gasteiger partial charge in [-0.15, -0.1) is 0 Å². The molecule has 0 radical (unpaired) electrons. The normalized spacial score (nSPS) is 23.5. The number of methoxy groups -OCH3 is 1. The van der Waals surface area contributed by atoms with E-state index in [1.54, 1.807) is 19.2 Å². The van der Waals surface area contributed by atoms with Crippen molar-refractivity contribution in [3.05, 3.63) is 18.2 Å². The minimum Gasteiger partial charge on any atom is -0.399 e. The second-order valence-corrected chi connectivity index (χ2v) is 6.29. The van der Waals surface area contributed by atoms with Crippen LogP contribution in [-0.2, 0) is 14.8 Å². The number of nitrogens with two attached hydrogens (primary N) is 2. The molecule has 6 nitrogen and oxygen atoms in total. The Morgan fingerprint density at radius 3 is 2.74 bits per heavy atom. The van der Waals surface area contributed by atoms with Gasteiger partial charge < -0.3 is 15.8 Å². The molecule has 1 aliphatic carbocycles. The van der Waals surface area contributed by atoms with Crippen LogP contribution < -0.4 is 16.2 Å². The smallest absolute Gasteiger partial charge is 0.240 e. The Morgan fingerprint density at radius 1 is 1.37 bits per heavy atom. The Kier molecular flexibility index (Phi) is 3.98. The molecule has 0 aromatic heterocycles. The van der Waals surface area contributed by atoms with Crippen LogP contribution in [-0.4, -0.2) is 27.7 Å². The molecular weight excluding hydrogens is 266 g/mol. The fraction of sp³-hybridized carbons (Fsp3) is 0.500. The number of benzene rings is 1. The van der Waals surface area contributed by atoms with Crippen molar-refractivity contribution in [3.8, 4) is 0 Å². The Morgan fingerprint density at radius 2 is 2.11 bits per heavy atom. The Hall–Kier alpha value is -1.31.